The molecule has 3 aromatic heterocycles. The molecule has 40 heavy (non-hydrogen) atoms. The fraction of sp³-hybridized carbons (Fsp3) is 0.379. The highest BCUT2D eigenvalue weighted by atomic mass is 19.3. The van der Waals surface area contributed by atoms with Crippen molar-refractivity contribution in [3.05, 3.63) is 71.9 Å². The molecule has 0 bridgehead atoms. The van der Waals surface area contributed by atoms with E-state index < -0.39 is 12.7 Å². The van der Waals surface area contributed by atoms with Gasteiger partial charge in [-0.25, -0.2) is 15.0 Å². The maximum Gasteiger partial charge on any atom is 0.387 e. The Morgan fingerprint density at radius 1 is 1.10 bits per heavy atom. The van der Waals surface area contributed by atoms with Gasteiger partial charge in [0, 0.05) is 54.3 Å². The lowest BCUT2D eigenvalue weighted by Gasteiger charge is -2.19. The molecule has 2 aliphatic carbocycles. The van der Waals surface area contributed by atoms with Crippen molar-refractivity contribution in [3.8, 4) is 16.9 Å². The molecule has 3 aliphatic rings. The predicted molar refractivity (Wildman–Crippen MR) is 140 cm³/mol. The Balaban J connectivity index is 1.15. The number of ether oxygens (including phenoxy) is 2. The molecule has 1 aliphatic heterocycles. The third-order valence-electron chi connectivity index (χ3n) is 8.31. The number of hydrogen-bond acceptors (Lipinski definition) is 8. The predicted octanol–water partition coefficient (Wildman–Crippen LogP) is 4.21. The topological polar surface area (TPSA) is 102 Å². The molecule has 0 spiro atoms. The van der Waals surface area contributed by atoms with Gasteiger partial charge in [0.1, 0.15) is 11.4 Å². The van der Waals surface area contributed by atoms with Gasteiger partial charge >= 0.3 is 12.6 Å². The number of aromatic nitrogens is 4. The van der Waals surface area contributed by atoms with Gasteiger partial charge in [-0.3, -0.25) is 4.79 Å². The van der Waals surface area contributed by atoms with Crippen molar-refractivity contribution in [2.45, 2.75) is 32.0 Å². The number of esters is 1. The zero-order valence-electron chi connectivity index (χ0n) is 21.7. The maximum atomic E-state index is 13.1. The van der Waals surface area contributed by atoms with Crippen molar-refractivity contribution in [1.29, 1.82) is 0 Å². The highest BCUT2D eigenvalue weighted by Crippen LogP contribution is 2.53. The lowest BCUT2D eigenvalue weighted by molar-refractivity contribution is -0.145. The van der Waals surface area contributed by atoms with Crippen molar-refractivity contribution in [1.82, 2.24) is 19.4 Å². The van der Waals surface area contributed by atoms with E-state index in [2.05, 4.69) is 19.9 Å². The molecule has 206 valence electrons. The van der Waals surface area contributed by atoms with Crippen molar-refractivity contribution < 1.29 is 28.2 Å². The first-order valence-electron chi connectivity index (χ1n) is 13.4. The summed E-state index contributed by atoms with van der Waals surface area (Å²) in [5, 5.41) is 10.8. The highest BCUT2D eigenvalue weighted by Gasteiger charge is 2.60. The third-order valence-corrected chi connectivity index (χ3v) is 8.31. The van der Waals surface area contributed by atoms with Crippen molar-refractivity contribution in [3.63, 3.8) is 0 Å². The highest BCUT2D eigenvalue weighted by molar-refractivity contribution is 5.77. The van der Waals surface area contributed by atoms with Crippen LogP contribution in [0, 0.1) is 17.8 Å². The summed E-state index contributed by atoms with van der Waals surface area (Å²) in [6, 6.07) is 10.5. The Kier molecular flexibility index (Phi) is 5.92. The van der Waals surface area contributed by atoms with Gasteiger partial charge in [0.25, 0.3) is 0 Å². The summed E-state index contributed by atoms with van der Waals surface area (Å²) < 4.78 is 38.1. The van der Waals surface area contributed by atoms with Crippen molar-refractivity contribution >= 4 is 17.6 Å². The van der Waals surface area contributed by atoms with E-state index in [-0.39, 0.29) is 23.6 Å². The fourth-order valence-corrected chi connectivity index (χ4v) is 6.45. The molecule has 4 aromatic rings. The molecule has 5 atom stereocenters. The average molecular weight is 548 g/mol. The lowest BCUT2D eigenvalue weighted by atomic mass is 9.95. The van der Waals surface area contributed by atoms with Crippen molar-refractivity contribution in [2.75, 3.05) is 24.6 Å². The standard InChI is InChI=1S/C29H27F2N5O4/c1-2-39-27(38)24-19-13-35(14-20(19)24)29-32-10-16(11-33-29)15-7-8-23-34-25-21(37)9-18(26(25)36(23)12-15)17-5-3-4-6-22(17)40-28(30)31/h3-8,10-12,18-21,24,28,37H,2,9,13-14H2,1H3/t18-,19-,20+,21-,24?/m1/s1. The molecule has 1 aromatic carbocycles. The Morgan fingerprint density at radius 2 is 1.85 bits per heavy atom. The molecule has 4 heterocycles. The minimum Gasteiger partial charge on any atom is -0.466 e. The van der Waals surface area contributed by atoms with E-state index in [1.54, 1.807) is 30.6 Å². The Bertz CT molecular complexity index is 1580. The molecule has 0 radical (unpaired) electrons. The van der Waals surface area contributed by atoms with Gasteiger partial charge in [-0.05, 0) is 43.4 Å². The Hall–Kier alpha value is -4.12. The number of carbonyl (C=O) groups is 1. The number of pyridine rings is 1. The minimum atomic E-state index is -2.95. The second kappa shape index (κ2) is 9.51. The van der Waals surface area contributed by atoms with Crippen LogP contribution in [0.2, 0.25) is 0 Å². The smallest absolute Gasteiger partial charge is 0.387 e. The molecular weight excluding hydrogens is 520 g/mol. The average Bonchev–Trinajstić information content (AvgIpc) is 3.24. The number of benzene rings is 1. The second-order valence-corrected chi connectivity index (χ2v) is 10.5. The van der Waals surface area contributed by atoms with Crippen LogP contribution in [0.5, 0.6) is 5.75 Å². The summed E-state index contributed by atoms with van der Waals surface area (Å²) in [4.78, 5) is 28.0. The van der Waals surface area contributed by atoms with Crippen LogP contribution < -0.4 is 9.64 Å². The molecular formula is C29H27F2N5O4. The number of fused-ring (bicyclic) bond motifs is 4. The van der Waals surface area contributed by atoms with E-state index in [1.807, 2.05) is 29.7 Å². The SMILES string of the molecule is CCOC(=O)C1[C@H]2CN(c3ncc(-c4ccc5nc6c(n5c4)[C@@H](c4ccccc4OC(F)F)C[C@H]6O)cn3)C[C@@H]12. The van der Waals surface area contributed by atoms with Crippen LogP contribution in [-0.2, 0) is 9.53 Å². The van der Waals surface area contributed by atoms with Gasteiger partial charge < -0.3 is 23.9 Å². The van der Waals surface area contributed by atoms with Crippen molar-refractivity contribution in [2.24, 2.45) is 17.8 Å². The van der Waals surface area contributed by atoms with E-state index in [0.29, 0.717) is 47.7 Å². The molecule has 1 saturated heterocycles. The van der Waals surface area contributed by atoms with Crippen LogP contribution in [0.4, 0.5) is 14.7 Å². The van der Waals surface area contributed by atoms with Crippen LogP contribution in [0.15, 0.2) is 55.0 Å². The van der Waals surface area contributed by atoms with E-state index in [1.165, 1.54) is 6.07 Å². The molecule has 2 fully saturated rings. The summed E-state index contributed by atoms with van der Waals surface area (Å²) in [6.07, 6.45) is 4.95. The van der Waals surface area contributed by atoms with Crippen LogP contribution in [-0.4, -0.2) is 56.7 Å². The molecule has 1 N–H and O–H groups in total. The van der Waals surface area contributed by atoms with Gasteiger partial charge in [-0.2, -0.15) is 8.78 Å². The number of rotatable bonds is 7. The summed E-state index contributed by atoms with van der Waals surface area (Å²) >= 11 is 0. The van der Waals surface area contributed by atoms with Crippen LogP contribution >= 0.6 is 0 Å². The van der Waals surface area contributed by atoms with Crippen LogP contribution in [0.3, 0.4) is 0 Å². The summed E-state index contributed by atoms with van der Waals surface area (Å²) in [5.74, 6) is 0.835. The number of aliphatic hydroxyl groups excluding tert-OH is 1. The zero-order valence-corrected chi connectivity index (χ0v) is 21.7. The summed E-state index contributed by atoms with van der Waals surface area (Å²) in [7, 11) is 0. The third kappa shape index (κ3) is 4.07. The minimum absolute atomic E-state index is 0.00430. The van der Waals surface area contributed by atoms with Gasteiger partial charge in [0.05, 0.1) is 30.0 Å². The van der Waals surface area contributed by atoms with Crippen LogP contribution in [0.1, 0.15) is 42.3 Å². The van der Waals surface area contributed by atoms with E-state index in [0.717, 1.165) is 29.9 Å². The van der Waals surface area contributed by atoms with Gasteiger partial charge in [0.2, 0.25) is 5.95 Å². The normalized spacial score (nSPS) is 24.8. The molecule has 1 unspecified atom stereocenters. The first kappa shape index (κ1) is 24.9. The first-order valence-corrected chi connectivity index (χ1v) is 13.4. The molecule has 7 rings (SSSR count). The van der Waals surface area contributed by atoms with Gasteiger partial charge in [0.15, 0.2) is 0 Å². The number of imidazole rings is 1. The number of alkyl halides is 2. The number of nitrogens with zero attached hydrogens (tertiary/aromatic N) is 5. The van der Waals surface area contributed by atoms with E-state index in [4.69, 9.17) is 9.47 Å². The van der Waals surface area contributed by atoms with E-state index >= 15 is 0 Å². The monoisotopic (exact) mass is 547 g/mol. The number of para-hydroxylation sites is 1. The number of hydrogen-bond donors (Lipinski definition) is 1. The van der Waals surface area contributed by atoms with Crippen LogP contribution in [0.25, 0.3) is 16.8 Å². The lowest BCUT2D eigenvalue weighted by Crippen LogP contribution is -2.28. The molecule has 9 nitrogen and oxygen atoms in total. The number of anilines is 1. The number of carbonyl (C=O) groups excluding carboxylic acids is 1. The van der Waals surface area contributed by atoms with Gasteiger partial charge in [-0.1, -0.05) is 18.2 Å². The van der Waals surface area contributed by atoms with E-state index in [9.17, 15) is 18.7 Å². The number of piperidine rings is 1. The largest absolute Gasteiger partial charge is 0.466 e. The number of aliphatic hydroxyl groups is 1. The first-order chi connectivity index (χ1) is 19.4. The number of halogens is 2. The molecule has 0 amide bonds. The maximum absolute atomic E-state index is 13.1. The Labute approximate surface area is 228 Å². The summed E-state index contributed by atoms with van der Waals surface area (Å²) in [6.45, 7) is 0.747. The molecule has 1 saturated carbocycles. The quantitative estimate of drug-likeness (QED) is 0.344. The zero-order chi connectivity index (χ0) is 27.5. The Morgan fingerprint density at radius 3 is 2.58 bits per heavy atom. The van der Waals surface area contributed by atoms with Gasteiger partial charge in [-0.15, -0.1) is 0 Å². The summed E-state index contributed by atoms with van der Waals surface area (Å²) in [5.41, 5.74) is 4.17. The molecule has 11 heteroatoms. The second-order valence-electron chi connectivity index (χ2n) is 10.5. The fourth-order valence-electron chi connectivity index (χ4n) is 6.45.